The number of rotatable bonds is 5. The van der Waals surface area contributed by atoms with Crippen molar-refractivity contribution in [2.24, 2.45) is 5.73 Å². The molecule has 2 aromatic rings. The first-order valence-electron chi connectivity index (χ1n) is 5.71. The third-order valence-corrected chi connectivity index (χ3v) is 3.80. The maximum Gasteiger partial charge on any atom is 0.264 e. The third-order valence-electron chi connectivity index (χ3n) is 2.46. The average Bonchev–Trinajstić information content (AvgIpc) is 2.40. The molecule has 0 aliphatic carbocycles. The van der Waals surface area contributed by atoms with Crippen molar-refractivity contribution in [2.45, 2.75) is 11.3 Å². The van der Waals surface area contributed by atoms with Crippen LogP contribution >= 0.6 is 0 Å². The number of sulfonamides is 1. The van der Waals surface area contributed by atoms with Gasteiger partial charge in [0.1, 0.15) is 0 Å². The molecule has 0 radical (unpaired) electrons. The van der Waals surface area contributed by atoms with E-state index in [9.17, 15) is 8.42 Å². The Kier molecular flexibility index (Phi) is 4.08. The monoisotopic (exact) mass is 278 g/mol. The van der Waals surface area contributed by atoms with E-state index in [1.54, 1.807) is 18.2 Å². The lowest BCUT2D eigenvalue weighted by Gasteiger charge is -2.06. The summed E-state index contributed by atoms with van der Waals surface area (Å²) in [4.78, 5) is 7.80. The fourth-order valence-corrected chi connectivity index (χ4v) is 2.49. The van der Waals surface area contributed by atoms with Crippen LogP contribution < -0.4 is 10.5 Å². The van der Waals surface area contributed by atoms with E-state index in [2.05, 4.69) is 14.7 Å². The molecule has 0 fully saturated rings. The molecule has 6 nitrogen and oxygen atoms in total. The van der Waals surface area contributed by atoms with Gasteiger partial charge >= 0.3 is 0 Å². The zero-order chi connectivity index (χ0) is 13.7. The second-order valence-electron chi connectivity index (χ2n) is 3.86. The van der Waals surface area contributed by atoms with Gasteiger partial charge in [0.2, 0.25) is 5.95 Å². The molecule has 0 saturated heterocycles. The smallest absolute Gasteiger partial charge is 0.264 e. The van der Waals surface area contributed by atoms with Crippen LogP contribution in [0.25, 0.3) is 0 Å². The molecular formula is C12H14N4O2S. The van der Waals surface area contributed by atoms with Gasteiger partial charge in [-0.1, -0.05) is 12.1 Å². The molecule has 0 unspecified atom stereocenters. The number of aromatic nitrogens is 2. The lowest BCUT2D eigenvalue weighted by molar-refractivity contribution is 0.600. The van der Waals surface area contributed by atoms with Crippen LogP contribution in [-0.4, -0.2) is 24.9 Å². The first kappa shape index (κ1) is 13.4. The van der Waals surface area contributed by atoms with Gasteiger partial charge in [0, 0.05) is 12.4 Å². The average molecular weight is 278 g/mol. The largest absolute Gasteiger partial charge is 0.330 e. The lowest BCUT2D eigenvalue weighted by atomic mass is 10.2. The van der Waals surface area contributed by atoms with E-state index in [0.29, 0.717) is 6.54 Å². The summed E-state index contributed by atoms with van der Waals surface area (Å²) in [5.41, 5.74) is 6.44. The topological polar surface area (TPSA) is 98.0 Å². The number of nitrogens with one attached hydrogen (secondary N) is 1. The Balaban J connectivity index is 2.20. The Bertz CT molecular complexity index is 627. The standard InChI is InChI=1S/C12H14N4O2S/c13-7-6-10-2-4-11(5-3-10)19(17,18)16-12-14-8-1-9-15-12/h1-5,8-9H,6-7,13H2,(H,14,15,16). The molecule has 19 heavy (non-hydrogen) atoms. The minimum Gasteiger partial charge on any atom is -0.330 e. The zero-order valence-corrected chi connectivity index (χ0v) is 11.0. The fourth-order valence-electron chi connectivity index (χ4n) is 1.53. The number of anilines is 1. The van der Waals surface area contributed by atoms with Crippen molar-refractivity contribution in [1.29, 1.82) is 0 Å². The second-order valence-corrected chi connectivity index (χ2v) is 5.54. The first-order valence-corrected chi connectivity index (χ1v) is 7.19. The van der Waals surface area contributed by atoms with Crippen molar-refractivity contribution in [3.63, 3.8) is 0 Å². The van der Waals surface area contributed by atoms with Crippen molar-refractivity contribution in [2.75, 3.05) is 11.3 Å². The fraction of sp³-hybridized carbons (Fsp3) is 0.167. The van der Waals surface area contributed by atoms with Gasteiger partial charge in [-0.3, -0.25) is 0 Å². The van der Waals surface area contributed by atoms with Gasteiger partial charge in [0.05, 0.1) is 4.90 Å². The van der Waals surface area contributed by atoms with Crippen LogP contribution in [-0.2, 0) is 16.4 Å². The molecule has 3 N–H and O–H groups in total. The van der Waals surface area contributed by atoms with Gasteiger partial charge in [-0.25, -0.2) is 23.1 Å². The summed E-state index contributed by atoms with van der Waals surface area (Å²) in [7, 11) is -3.65. The Hall–Kier alpha value is -1.99. The Morgan fingerprint density at radius 3 is 2.32 bits per heavy atom. The van der Waals surface area contributed by atoms with Crippen LogP contribution in [0.4, 0.5) is 5.95 Å². The summed E-state index contributed by atoms with van der Waals surface area (Å²) >= 11 is 0. The molecule has 0 aliphatic heterocycles. The van der Waals surface area contributed by atoms with Crippen molar-refractivity contribution in [1.82, 2.24) is 9.97 Å². The van der Waals surface area contributed by atoms with E-state index in [4.69, 9.17) is 5.73 Å². The highest BCUT2D eigenvalue weighted by Crippen LogP contribution is 2.13. The molecule has 1 aromatic carbocycles. The summed E-state index contributed by atoms with van der Waals surface area (Å²) in [6.45, 7) is 0.530. The Morgan fingerprint density at radius 1 is 1.11 bits per heavy atom. The molecule has 0 spiro atoms. The van der Waals surface area contributed by atoms with E-state index in [0.717, 1.165) is 12.0 Å². The van der Waals surface area contributed by atoms with Crippen LogP contribution in [0.5, 0.6) is 0 Å². The number of nitrogens with two attached hydrogens (primary N) is 1. The van der Waals surface area contributed by atoms with Crippen molar-refractivity contribution >= 4 is 16.0 Å². The molecule has 100 valence electrons. The van der Waals surface area contributed by atoms with Gasteiger partial charge in [-0.2, -0.15) is 0 Å². The normalized spacial score (nSPS) is 11.2. The summed E-state index contributed by atoms with van der Waals surface area (Å²) in [6, 6.07) is 8.17. The Morgan fingerprint density at radius 2 is 1.74 bits per heavy atom. The lowest BCUT2D eigenvalue weighted by Crippen LogP contribution is -2.15. The van der Waals surface area contributed by atoms with Gasteiger partial charge < -0.3 is 5.73 Å². The van der Waals surface area contributed by atoms with Crippen molar-refractivity contribution in [3.8, 4) is 0 Å². The highest BCUT2D eigenvalue weighted by Gasteiger charge is 2.14. The highest BCUT2D eigenvalue weighted by molar-refractivity contribution is 7.92. The van der Waals surface area contributed by atoms with E-state index < -0.39 is 10.0 Å². The number of nitrogens with zero attached hydrogens (tertiary/aromatic N) is 2. The first-order chi connectivity index (χ1) is 9.12. The van der Waals surface area contributed by atoms with E-state index >= 15 is 0 Å². The summed E-state index contributed by atoms with van der Waals surface area (Å²) in [5.74, 6) is 0.0496. The maximum absolute atomic E-state index is 12.1. The van der Waals surface area contributed by atoms with Crippen LogP contribution in [0, 0.1) is 0 Å². The van der Waals surface area contributed by atoms with Crippen molar-refractivity contribution < 1.29 is 8.42 Å². The third kappa shape index (κ3) is 3.49. The van der Waals surface area contributed by atoms with E-state index in [1.165, 1.54) is 24.5 Å². The predicted molar refractivity (Wildman–Crippen MR) is 72.0 cm³/mol. The molecule has 1 heterocycles. The summed E-state index contributed by atoms with van der Waals surface area (Å²) < 4.78 is 26.4. The second kappa shape index (κ2) is 5.77. The van der Waals surface area contributed by atoms with Crippen molar-refractivity contribution in [3.05, 3.63) is 48.3 Å². The minimum atomic E-state index is -3.65. The number of hydrogen-bond donors (Lipinski definition) is 2. The molecule has 1 aromatic heterocycles. The quantitative estimate of drug-likeness (QED) is 0.842. The number of benzene rings is 1. The summed E-state index contributed by atoms with van der Waals surface area (Å²) in [5, 5.41) is 0. The molecule has 2 rings (SSSR count). The highest BCUT2D eigenvalue weighted by atomic mass is 32.2. The molecule has 0 bridgehead atoms. The molecule has 7 heteroatoms. The van der Waals surface area contributed by atoms with Gasteiger partial charge in [0.15, 0.2) is 0 Å². The van der Waals surface area contributed by atoms with E-state index in [1.807, 2.05) is 0 Å². The van der Waals surface area contributed by atoms with Gasteiger partial charge in [0.25, 0.3) is 10.0 Å². The van der Waals surface area contributed by atoms with E-state index in [-0.39, 0.29) is 10.8 Å². The van der Waals surface area contributed by atoms with Crippen LogP contribution in [0.1, 0.15) is 5.56 Å². The molecular weight excluding hydrogens is 264 g/mol. The molecule has 0 amide bonds. The van der Waals surface area contributed by atoms with Gasteiger partial charge in [-0.05, 0) is 36.7 Å². The predicted octanol–water partition coefficient (Wildman–Crippen LogP) is 0.779. The maximum atomic E-state index is 12.1. The SMILES string of the molecule is NCCc1ccc(S(=O)(=O)Nc2ncccn2)cc1. The van der Waals surface area contributed by atoms with Gasteiger partial charge in [-0.15, -0.1) is 0 Å². The molecule has 0 atom stereocenters. The van der Waals surface area contributed by atoms with Crippen LogP contribution in [0.15, 0.2) is 47.6 Å². The molecule has 0 aliphatic rings. The van der Waals surface area contributed by atoms with Crippen LogP contribution in [0.3, 0.4) is 0 Å². The zero-order valence-electron chi connectivity index (χ0n) is 10.2. The minimum absolute atomic E-state index is 0.0496. The Labute approximate surface area is 111 Å². The number of hydrogen-bond acceptors (Lipinski definition) is 5. The summed E-state index contributed by atoms with van der Waals surface area (Å²) in [6.07, 6.45) is 3.65. The molecule has 0 saturated carbocycles. The van der Waals surface area contributed by atoms with Crippen LogP contribution in [0.2, 0.25) is 0 Å².